The molecule has 0 spiro atoms. The first-order valence-electron chi connectivity index (χ1n) is 13.3. The van der Waals surface area contributed by atoms with Crippen molar-refractivity contribution in [2.75, 3.05) is 50.5 Å². The van der Waals surface area contributed by atoms with Crippen LogP contribution in [-0.2, 0) is 11.3 Å². The van der Waals surface area contributed by atoms with Crippen molar-refractivity contribution in [2.45, 2.75) is 19.9 Å². The monoisotopic (exact) mass is 522 g/mol. The highest BCUT2D eigenvalue weighted by Crippen LogP contribution is 2.26. The van der Waals surface area contributed by atoms with Gasteiger partial charge in [-0.1, -0.05) is 30.2 Å². The summed E-state index contributed by atoms with van der Waals surface area (Å²) in [7, 11) is 2.11. The quantitative estimate of drug-likeness (QED) is 0.386. The number of carbonyl (C=O) groups is 1. The zero-order chi connectivity index (χ0) is 27.0. The van der Waals surface area contributed by atoms with Gasteiger partial charge in [-0.25, -0.2) is 9.97 Å². The predicted molar refractivity (Wildman–Crippen MR) is 155 cm³/mol. The maximum Gasteiger partial charge on any atom is 0.298 e. The number of ether oxygens (including phenoxy) is 1. The van der Waals surface area contributed by atoms with E-state index in [1.165, 1.54) is 5.56 Å². The largest absolute Gasteiger partial charge is 0.493 e. The van der Waals surface area contributed by atoms with Gasteiger partial charge < -0.3 is 20.3 Å². The number of fused-ring (bicyclic) bond motifs is 7. The van der Waals surface area contributed by atoms with Crippen molar-refractivity contribution in [3.63, 3.8) is 0 Å². The van der Waals surface area contributed by atoms with Crippen molar-refractivity contribution in [2.24, 2.45) is 5.92 Å². The van der Waals surface area contributed by atoms with Crippen molar-refractivity contribution in [3.8, 4) is 28.8 Å². The third-order valence-corrected chi connectivity index (χ3v) is 6.69. The molecule has 200 valence electrons. The maximum atomic E-state index is 11.9. The summed E-state index contributed by atoms with van der Waals surface area (Å²) in [6.07, 6.45) is 6.97. The molecule has 0 radical (unpaired) electrons. The Bertz CT molecular complexity index is 1400. The summed E-state index contributed by atoms with van der Waals surface area (Å²) >= 11 is 0. The molecule has 1 saturated heterocycles. The average molecular weight is 523 g/mol. The second-order valence-corrected chi connectivity index (χ2v) is 9.97. The predicted octanol–water partition coefficient (Wildman–Crippen LogP) is 4.55. The maximum absolute atomic E-state index is 11.9. The van der Waals surface area contributed by atoms with Gasteiger partial charge in [-0.15, -0.1) is 0 Å². The van der Waals surface area contributed by atoms with Gasteiger partial charge in [-0.2, -0.15) is 0 Å². The van der Waals surface area contributed by atoms with E-state index in [9.17, 15) is 4.79 Å². The first kappa shape index (κ1) is 26.3. The Kier molecular flexibility index (Phi) is 8.39. The van der Waals surface area contributed by atoms with Gasteiger partial charge >= 0.3 is 0 Å². The molecule has 8 heteroatoms. The number of benzene rings is 2. The molecule has 8 nitrogen and oxygen atoms in total. The Morgan fingerprint density at radius 2 is 2.08 bits per heavy atom. The minimum Gasteiger partial charge on any atom is -0.493 e. The molecule has 3 heterocycles. The van der Waals surface area contributed by atoms with E-state index in [0.717, 1.165) is 67.5 Å². The number of carbonyl (C=O) groups excluding carboxylic acids is 1. The molecule has 1 fully saturated rings. The highest BCUT2D eigenvalue weighted by atomic mass is 16.5. The molecule has 1 amide bonds. The summed E-state index contributed by atoms with van der Waals surface area (Å²) in [5.74, 6) is 6.97. The SMILES string of the molecule is CC#CC(=O)N1CC(CNc2cc3cc(c2)Nc2nccc(n2)-c2cccc(c2)OCC/C=C/CN(C)C3)C1. The Morgan fingerprint density at radius 1 is 1.18 bits per heavy atom. The van der Waals surface area contributed by atoms with E-state index in [4.69, 9.17) is 9.72 Å². The first-order chi connectivity index (χ1) is 19.1. The number of hydrogen-bond donors (Lipinski definition) is 2. The molecule has 0 aliphatic carbocycles. The van der Waals surface area contributed by atoms with Crippen LogP contribution in [0.5, 0.6) is 5.75 Å². The van der Waals surface area contributed by atoms with Gasteiger partial charge in [0.05, 0.1) is 12.3 Å². The number of nitrogens with zero attached hydrogens (tertiary/aromatic N) is 4. The van der Waals surface area contributed by atoms with Gasteiger partial charge in [-0.05, 0) is 68.3 Å². The second kappa shape index (κ2) is 12.5. The summed E-state index contributed by atoms with van der Waals surface area (Å²) in [6, 6.07) is 16.3. The van der Waals surface area contributed by atoms with Crippen molar-refractivity contribution in [1.29, 1.82) is 0 Å². The second-order valence-electron chi connectivity index (χ2n) is 9.97. The van der Waals surface area contributed by atoms with Gasteiger partial charge in [0, 0.05) is 61.8 Å². The van der Waals surface area contributed by atoms with Crippen LogP contribution in [-0.4, -0.2) is 65.5 Å². The first-order valence-corrected chi connectivity index (χ1v) is 13.3. The lowest BCUT2D eigenvalue weighted by Gasteiger charge is -2.38. The van der Waals surface area contributed by atoms with Crippen molar-refractivity contribution < 1.29 is 9.53 Å². The molecule has 0 unspecified atom stereocenters. The minimum atomic E-state index is -0.0909. The Balaban J connectivity index is 1.36. The number of hydrogen-bond acceptors (Lipinski definition) is 7. The highest BCUT2D eigenvalue weighted by molar-refractivity contribution is 5.94. The lowest BCUT2D eigenvalue weighted by Crippen LogP contribution is -2.51. The number of amides is 1. The van der Waals surface area contributed by atoms with E-state index in [2.05, 4.69) is 69.8 Å². The summed E-state index contributed by atoms with van der Waals surface area (Å²) in [5, 5.41) is 6.99. The third-order valence-electron chi connectivity index (χ3n) is 6.69. The Labute approximate surface area is 230 Å². The smallest absolute Gasteiger partial charge is 0.298 e. The molecule has 5 rings (SSSR count). The topological polar surface area (TPSA) is 82.6 Å². The van der Waals surface area contributed by atoms with Crippen LogP contribution in [0.2, 0.25) is 0 Å². The van der Waals surface area contributed by atoms with Gasteiger partial charge in [0.1, 0.15) is 5.75 Å². The molecule has 0 atom stereocenters. The Hall–Kier alpha value is -4.35. The van der Waals surface area contributed by atoms with Gasteiger partial charge in [-0.3, -0.25) is 9.69 Å². The molecule has 2 aliphatic rings. The van der Waals surface area contributed by atoms with Crippen LogP contribution in [0, 0.1) is 17.8 Å². The van der Waals surface area contributed by atoms with Crippen molar-refractivity contribution in [1.82, 2.24) is 19.8 Å². The third kappa shape index (κ3) is 7.15. The van der Waals surface area contributed by atoms with Gasteiger partial charge in [0.25, 0.3) is 5.91 Å². The van der Waals surface area contributed by atoms with Crippen LogP contribution in [0.25, 0.3) is 11.3 Å². The summed E-state index contributed by atoms with van der Waals surface area (Å²) in [6.45, 7) is 6.19. The number of likely N-dealkylation sites (N-methyl/N-ethyl adjacent to an activating group) is 1. The van der Waals surface area contributed by atoms with E-state index in [1.54, 1.807) is 18.0 Å². The molecule has 2 N–H and O–H groups in total. The van der Waals surface area contributed by atoms with E-state index >= 15 is 0 Å². The molecule has 1 aromatic heterocycles. The summed E-state index contributed by atoms with van der Waals surface area (Å²) in [5.41, 5.74) is 4.91. The fourth-order valence-corrected chi connectivity index (χ4v) is 4.72. The molecular formula is C31H34N6O2. The number of anilines is 3. The number of likely N-dealkylation sites (tertiary alicyclic amines) is 1. The molecule has 3 aromatic rings. The van der Waals surface area contributed by atoms with Crippen LogP contribution in [0.1, 0.15) is 18.9 Å². The standard InChI is InChI=1S/C31H34N6O2/c1-3-8-30(38)37-21-24(22-37)19-33-26-15-23-16-27(18-26)34-31-32-12-11-29(35-31)25-9-7-10-28(17-25)39-14-6-4-5-13-36(2)20-23/h4-5,7,9-12,15-18,24,33H,6,13-14,19-22H2,1-2H3,(H,32,34,35)/b5-4+. The highest BCUT2D eigenvalue weighted by Gasteiger charge is 2.29. The molecule has 6 bridgehead atoms. The fraction of sp³-hybridized carbons (Fsp3) is 0.323. The normalized spacial score (nSPS) is 16.7. The van der Waals surface area contributed by atoms with Gasteiger partial charge in [0.15, 0.2) is 0 Å². The Morgan fingerprint density at radius 3 is 2.95 bits per heavy atom. The molecule has 2 aliphatic heterocycles. The van der Waals surface area contributed by atoms with Crippen LogP contribution in [0.15, 0.2) is 66.9 Å². The summed E-state index contributed by atoms with van der Waals surface area (Å²) < 4.78 is 5.96. The lowest BCUT2D eigenvalue weighted by molar-refractivity contribution is -0.130. The zero-order valence-corrected chi connectivity index (χ0v) is 22.5. The number of nitrogens with one attached hydrogen (secondary N) is 2. The van der Waals surface area contributed by atoms with E-state index in [-0.39, 0.29) is 5.91 Å². The zero-order valence-electron chi connectivity index (χ0n) is 22.5. The average Bonchev–Trinajstić information content (AvgIpc) is 2.90. The van der Waals surface area contributed by atoms with Crippen molar-refractivity contribution in [3.05, 3.63) is 72.4 Å². The molecule has 39 heavy (non-hydrogen) atoms. The van der Waals surface area contributed by atoms with Gasteiger partial charge in [0.2, 0.25) is 5.95 Å². The van der Waals surface area contributed by atoms with Crippen molar-refractivity contribution >= 4 is 23.2 Å². The van der Waals surface area contributed by atoms with Crippen LogP contribution in [0.4, 0.5) is 17.3 Å². The molecule has 2 aromatic carbocycles. The van der Waals surface area contributed by atoms with E-state index < -0.39 is 0 Å². The van der Waals surface area contributed by atoms with Crippen LogP contribution >= 0.6 is 0 Å². The number of rotatable bonds is 3. The summed E-state index contributed by atoms with van der Waals surface area (Å²) in [4.78, 5) is 25.2. The minimum absolute atomic E-state index is 0.0909. The van der Waals surface area contributed by atoms with E-state index in [1.807, 2.05) is 30.3 Å². The number of aromatic nitrogens is 2. The van der Waals surface area contributed by atoms with E-state index in [0.29, 0.717) is 18.5 Å². The molecule has 0 saturated carbocycles. The van der Waals surface area contributed by atoms with Crippen LogP contribution < -0.4 is 15.4 Å². The lowest BCUT2D eigenvalue weighted by atomic mass is 10.00. The fourth-order valence-electron chi connectivity index (χ4n) is 4.72. The molecular weight excluding hydrogens is 488 g/mol. The van der Waals surface area contributed by atoms with Crippen LogP contribution in [0.3, 0.4) is 0 Å².